The summed E-state index contributed by atoms with van der Waals surface area (Å²) < 4.78 is 64.4. The van der Waals surface area contributed by atoms with Crippen LogP contribution in [0.2, 0.25) is 0 Å². The van der Waals surface area contributed by atoms with E-state index in [1.54, 1.807) is 0 Å². The van der Waals surface area contributed by atoms with Gasteiger partial charge in [0.05, 0.1) is 23.7 Å². The van der Waals surface area contributed by atoms with Crippen molar-refractivity contribution in [2.75, 3.05) is 30.9 Å². The van der Waals surface area contributed by atoms with Crippen LogP contribution in [0.4, 0.5) is 23.4 Å². The fourth-order valence-corrected chi connectivity index (χ4v) is 6.47. The van der Waals surface area contributed by atoms with Crippen molar-refractivity contribution in [3.63, 3.8) is 0 Å². The number of aromatic nitrogens is 2. The van der Waals surface area contributed by atoms with Gasteiger partial charge in [-0.1, -0.05) is 12.1 Å². The molecule has 0 saturated carbocycles. The first kappa shape index (κ1) is 25.0. The standard InChI is InChI=1S/C25H26F4N4O2S/c1-13-9-32(10-14(2)30-13)23-18-8-19(25(27,28)29)20(15-4-6-16(26)7-5-15)22-21(18)33(24(34)31-23)11-17(35-3)12-36-22/h4-8,13-14,17,30H,9-12H2,1-3H3/t13-,14+,17-/m1/s1. The van der Waals surface area contributed by atoms with Crippen LogP contribution < -0.4 is 15.9 Å². The minimum atomic E-state index is -4.69. The van der Waals surface area contributed by atoms with Crippen LogP contribution in [-0.4, -0.2) is 53.7 Å². The van der Waals surface area contributed by atoms with Crippen LogP contribution in [0.15, 0.2) is 40.0 Å². The number of alkyl halides is 3. The highest BCUT2D eigenvalue weighted by atomic mass is 32.2. The number of benzene rings is 2. The number of nitrogens with zero attached hydrogens (tertiary/aromatic N) is 3. The van der Waals surface area contributed by atoms with Gasteiger partial charge in [0.2, 0.25) is 0 Å². The van der Waals surface area contributed by atoms with Gasteiger partial charge in [-0.2, -0.15) is 18.2 Å². The molecule has 1 saturated heterocycles. The molecule has 3 atom stereocenters. The van der Waals surface area contributed by atoms with Crippen molar-refractivity contribution >= 4 is 28.5 Å². The van der Waals surface area contributed by atoms with E-state index in [0.29, 0.717) is 29.3 Å². The van der Waals surface area contributed by atoms with Gasteiger partial charge in [0.1, 0.15) is 11.6 Å². The zero-order valence-electron chi connectivity index (χ0n) is 20.0. The van der Waals surface area contributed by atoms with Crippen LogP contribution in [0.1, 0.15) is 19.4 Å². The first-order valence-corrected chi connectivity index (χ1v) is 12.7. The van der Waals surface area contributed by atoms with Crippen LogP contribution in [0.3, 0.4) is 0 Å². The summed E-state index contributed by atoms with van der Waals surface area (Å²) in [6, 6.07) is 6.19. The second kappa shape index (κ2) is 9.35. The molecule has 6 nitrogen and oxygen atoms in total. The summed E-state index contributed by atoms with van der Waals surface area (Å²) in [6.07, 6.45) is -5.09. The number of thioether (sulfide) groups is 1. The van der Waals surface area contributed by atoms with E-state index in [9.17, 15) is 22.4 Å². The summed E-state index contributed by atoms with van der Waals surface area (Å²) in [6.45, 7) is 5.14. The Hall–Kier alpha value is -2.63. The van der Waals surface area contributed by atoms with Crippen molar-refractivity contribution in [3.05, 3.63) is 52.2 Å². The molecule has 36 heavy (non-hydrogen) atoms. The fourth-order valence-electron chi connectivity index (χ4n) is 5.15. The third kappa shape index (κ3) is 4.48. The third-order valence-electron chi connectivity index (χ3n) is 6.63. The summed E-state index contributed by atoms with van der Waals surface area (Å²) >= 11 is 1.22. The Labute approximate surface area is 209 Å². The Bertz CT molecular complexity index is 1350. The molecule has 1 aromatic heterocycles. The molecule has 3 heterocycles. The summed E-state index contributed by atoms with van der Waals surface area (Å²) in [5.74, 6) is 0.0518. The normalized spacial score (nSPS) is 22.6. The zero-order chi connectivity index (χ0) is 25.8. The van der Waals surface area contributed by atoms with E-state index in [0.717, 1.165) is 18.2 Å². The lowest BCUT2D eigenvalue weighted by Crippen LogP contribution is -2.55. The van der Waals surface area contributed by atoms with Crippen LogP contribution in [-0.2, 0) is 17.5 Å². The third-order valence-corrected chi connectivity index (χ3v) is 7.85. The number of piperazine rings is 1. The number of rotatable bonds is 3. The maximum Gasteiger partial charge on any atom is 0.417 e. The SMILES string of the molecule is CO[C@H]1CSc2c(-c3ccc(F)cc3)c(C(F)(F)F)cc3c(N4C[C@@H](C)N[C@@H](C)C4)nc(=O)n(c23)C1. The number of methoxy groups -OCH3 is 1. The van der Waals surface area contributed by atoms with Gasteiger partial charge in [-0.3, -0.25) is 4.57 Å². The molecule has 3 aromatic rings. The maximum atomic E-state index is 14.6. The Balaban J connectivity index is 1.88. The van der Waals surface area contributed by atoms with E-state index < -0.39 is 29.4 Å². The predicted molar refractivity (Wildman–Crippen MR) is 132 cm³/mol. The molecule has 2 aliphatic heterocycles. The first-order valence-electron chi connectivity index (χ1n) is 11.7. The number of halogens is 4. The van der Waals surface area contributed by atoms with E-state index in [1.165, 1.54) is 35.6 Å². The number of ether oxygens (including phenoxy) is 1. The van der Waals surface area contributed by atoms with E-state index in [4.69, 9.17) is 4.74 Å². The maximum absolute atomic E-state index is 14.6. The summed E-state index contributed by atoms with van der Waals surface area (Å²) in [7, 11) is 1.51. The lowest BCUT2D eigenvalue weighted by atomic mass is 9.96. The van der Waals surface area contributed by atoms with Gasteiger partial charge in [0.25, 0.3) is 0 Å². The molecule has 192 valence electrons. The predicted octanol–water partition coefficient (Wildman–Crippen LogP) is 4.53. The summed E-state index contributed by atoms with van der Waals surface area (Å²) in [4.78, 5) is 19.9. The number of hydrogen-bond acceptors (Lipinski definition) is 6. The van der Waals surface area contributed by atoms with E-state index >= 15 is 0 Å². The molecule has 0 unspecified atom stereocenters. The molecule has 5 rings (SSSR count). The number of hydrogen-bond donors (Lipinski definition) is 1. The summed E-state index contributed by atoms with van der Waals surface area (Å²) in [5, 5.41) is 3.67. The van der Waals surface area contributed by atoms with Crippen LogP contribution in [0.5, 0.6) is 0 Å². The highest BCUT2D eigenvalue weighted by Crippen LogP contribution is 2.48. The minimum Gasteiger partial charge on any atom is -0.379 e. The second-order valence-electron chi connectivity index (χ2n) is 9.40. The van der Waals surface area contributed by atoms with Crippen LogP contribution in [0.25, 0.3) is 22.0 Å². The minimum absolute atomic E-state index is 0.0656. The molecule has 0 bridgehead atoms. The smallest absolute Gasteiger partial charge is 0.379 e. The van der Waals surface area contributed by atoms with Crippen LogP contribution in [0, 0.1) is 5.82 Å². The van der Waals surface area contributed by atoms with Crippen molar-refractivity contribution < 1.29 is 22.3 Å². The van der Waals surface area contributed by atoms with E-state index in [2.05, 4.69) is 10.3 Å². The van der Waals surface area contributed by atoms with Crippen molar-refractivity contribution in [2.24, 2.45) is 0 Å². The Morgan fingerprint density at radius 1 is 1.11 bits per heavy atom. The number of anilines is 1. The number of nitrogens with one attached hydrogen (secondary N) is 1. The van der Waals surface area contributed by atoms with Gasteiger partial charge < -0.3 is 15.0 Å². The van der Waals surface area contributed by atoms with Crippen LogP contribution >= 0.6 is 11.8 Å². The molecule has 2 aromatic carbocycles. The Morgan fingerprint density at radius 2 is 1.78 bits per heavy atom. The Morgan fingerprint density at radius 3 is 2.39 bits per heavy atom. The van der Waals surface area contributed by atoms with Gasteiger partial charge in [0, 0.05) is 53.9 Å². The molecule has 2 aliphatic rings. The molecule has 0 aliphatic carbocycles. The second-order valence-corrected chi connectivity index (χ2v) is 10.4. The molecule has 0 spiro atoms. The van der Waals surface area contributed by atoms with Gasteiger partial charge in [-0.15, -0.1) is 11.8 Å². The van der Waals surface area contributed by atoms with Crippen molar-refractivity contribution in [1.29, 1.82) is 0 Å². The zero-order valence-corrected chi connectivity index (χ0v) is 20.8. The Kier molecular flexibility index (Phi) is 6.50. The van der Waals surface area contributed by atoms with E-state index in [-0.39, 0.29) is 41.0 Å². The molecule has 1 fully saturated rings. The van der Waals surface area contributed by atoms with Crippen molar-refractivity contribution in [2.45, 2.75) is 49.7 Å². The lowest BCUT2D eigenvalue weighted by Gasteiger charge is -2.37. The molecular weight excluding hydrogens is 496 g/mol. The molecular formula is C25H26F4N4O2S. The van der Waals surface area contributed by atoms with Gasteiger partial charge in [0.15, 0.2) is 0 Å². The average Bonchev–Trinajstić information content (AvgIpc) is 3.01. The van der Waals surface area contributed by atoms with Gasteiger partial charge >= 0.3 is 11.9 Å². The van der Waals surface area contributed by atoms with Crippen molar-refractivity contribution in [1.82, 2.24) is 14.9 Å². The van der Waals surface area contributed by atoms with Crippen molar-refractivity contribution in [3.8, 4) is 11.1 Å². The fraction of sp³-hybridized carbons (Fsp3) is 0.440. The molecule has 0 amide bonds. The highest BCUT2D eigenvalue weighted by Gasteiger charge is 2.38. The topological polar surface area (TPSA) is 59.4 Å². The monoisotopic (exact) mass is 522 g/mol. The van der Waals surface area contributed by atoms with Gasteiger partial charge in [-0.25, -0.2) is 9.18 Å². The lowest BCUT2D eigenvalue weighted by molar-refractivity contribution is -0.137. The molecule has 0 radical (unpaired) electrons. The largest absolute Gasteiger partial charge is 0.417 e. The van der Waals surface area contributed by atoms with E-state index in [1.807, 2.05) is 18.7 Å². The average molecular weight is 523 g/mol. The summed E-state index contributed by atoms with van der Waals surface area (Å²) in [5.41, 5.74) is -0.813. The molecule has 1 N–H and O–H groups in total. The quantitative estimate of drug-likeness (QED) is 0.511. The molecule has 11 heteroatoms. The first-order chi connectivity index (χ1) is 17.1. The highest BCUT2D eigenvalue weighted by molar-refractivity contribution is 7.99. The van der Waals surface area contributed by atoms with Gasteiger partial charge in [-0.05, 0) is 37.6 Å².